The summed E-state index contributed by atoms with van der Waals surface area (Å²) < 4.78 is 12.0. The highest BCUT2D eigenvalue weighted by Crippen LogP contribution is 2.16. The lowest BCUT2D eigenvalue weighted by Gasteiger charge is -2.10. The van der Waals surface area contributed by atoms with Crippen LogP contribution in [0.4, 0.5) is 4.39 Å². The summed E-state index contributed by atoms with van der Waals surface area (Å²) in [7, 11) is 0. The minimum atomic E-state index is -0.319. The number of alkyl halides is 1. The van der Waals surface area contributed by atoms with Crippen molar-refractivity contribution in [1.82, 2.24) is 15.6 Å². The Kier molecular flexibility index (Phi) is 11.0. The molecule has 1 heterocycles. The van der Waals surface area contributed by atoms with Crippen molar-refractivity contribution in [2.75, 3.05) is 26.3 Å². The smallest absolute Gasteiger partial charge is 0.191 e. The second kappa shape index (κ2) is 11.2. The van der Waals surface area contributed by atoms with Crippen molar-refractivity contribution in [3.8, 4) is 0 Å². The number of guanidine groups is 1. The van der Waals surface area contributed by atoms with Crippen molar-refractivity contribution in [3.05, 3.63) is 15.6 Å². The predicted molar refractivity (Wildman–Crippen MR) is 95.3 cm³/mol. The first-order valence-corrected chi connectivity index (χ1v) is 7.50. The number of nitrogens with one attached hydrogen (secondary N) is 2. The molecule has 0 saturated heterocycles. The zero-order chi connectivity index (χ0) is 14.1. The van der Waals surface area contributed by atoms with Crippen LogP contribution in [0.5, 0.6) is 0 Å². The summed E-state index contributed by atoms with van der Waals surface area (Å²) in [5.41, 5.74) is 1.11. The molecule has 2 N–H and O–H groups in total. The number of halogens is 2. The fraction of sp³-hybridized carbons (Fsp3) is 0.692. The molecule has 7 heteroatoms. The Morgan fingerprint density at radius 1 is 1.35 bits per heavy atom. The normalized spacial score (nSPS) is 11.1. The van der Waals surface area contributed by atoms with E-state index < -0.39 is 0 Å². The van der Waals surface area contributed by atoms with Crippen LogP contribution in [-0.2, 0) is 6.42 Å². The van der Waals surface area contributed by atoms with E-state index in [1.807, 2.05) is 13.8 Å². The molecule has 4 nitrogen and oxygen atoms in total. The minimum Gasteiger partial charge on any atom is -0.357 e. The number of aryl methyl sites for hydroxylation is 2. The van der Waals surface area contributed by atoms with Gasteiger partial charge in [0.05, 0.1) is 17.4 Å². The standard InChI is InChI=1S/C13H23FN4S.HI/c1-4-15-13(16-8-5-7-14)17-9-6-12-18-10(2)11(3)19-12;/h4-9H2,1-3H3,(H2,15,16,17);1H. The maximum atomic E-state index is 12.0. The number of rotatable bonds is 7. The second-order valence-corrected chi connectivity index (χ2v) is 5.52. The molecular formula is C13H24FIN4S. The molecule has 0 unspecified atom stereocenters. The first-order valence-electron chi connectivity index (χ1n) is 6.68. The molecule has 20 heavy (non-hydrogen) atoms. The third-order valence-electron chi connectivity index (χ3n) is 2.61. The maximum absolute atomic E-state index is 12.0. The van der Waals surface area contributed by atoms with Crippen LogP contribution in [0.15, 0.2) is 4.99 Å². The molecule has 0 amide bonds. The number of nitrogens with zero attached hydrogens (tertiary/aromatic N) is 2. The van der Waals surface area contributed by atoms with Crippen molar-refractivity contribution in [1.29, 1.82) is 0 Å². The molecular weight excluding hydrogens is 390 g/mol. The summed E-state index contributed by atoms with van der Waals surface area (Å²) in [6.45, 7) is 7.92. The maximum Gasteiger partial charge on any atom is 0.191 e. The molecule has 0 aromatic carbocycles. The molecule has 0 fully saturated rings. The largest absolute Gasteiger partial charge is 0.357 e. The van der Waals surface area contributed by atoms with E-state index in [1.165, 1.54) is 4.88 Å². The number of aromatic nitrogens is 1. The van der Waals surface area contributed by atoms with Gasteiger partial charge in [0, 0.05) is 30.9 Å². The third kappa shape index (κ3) is 7.37. The molecule has 1 aromatic rings. The van der Waals surface area contributed by atoms with Gasteiger partial charge in [0.25, 0.3) is 0 Å². The topological polar surface area (TPSA) is 49.3 Å². The molecule has 0 spiro atoms. The van der Waals surface area contributed by atoms with E-state index in [9.17, 15) is 4.39 Å². The Morgan fingerprint density at radius 2 is 2.10 bits per heavy atom. The lowest BCUT2D eigenvalue weighted by atomic mass is 10.4. The molecule has 0 atom stereocenters. The van der Waals surface area contributed by atoms with Gasteiger partial charge in [0.1, 0.15) is 0 Å². The van der Waals surface area contributed by atoms with E-state index in [-0.39, 0.29) is 30.7 Å². The minimum absolute atomic E-state index is 0. The van der Waals surface area contributed by atoms with Gasteiger partial charge in [0.15, 0.2) is 5.96 Å². The van der Waals surface area contributed by atoms with E-state index in [4.69, 9.17) is 0 Å². The Labute approximate surface area is 141 Å². The molecule has 1 aromatic heterocycles. The number of thiazole rings is 1. The van der Waals surface area contributed by atoms with Gasteiger partial charge in [-0.25, -0.2) is 4.98 Å². The van der Waals surface area contributed by atoms with Crippen LogP contribution >= 0.6 is 35.3 Å². The van der Waals surface area contributed by atoms with Gasteiger partial charge >= 0.3 is 0 Å². The van der Waals surface area contributed by atoms with Crippen molar-refractivity contribution in [2.24, 2.45) is 4.99 Å². The van der Waals surface area contributed by atoms with Gasteiger partial charge in [-0.05, 0) is 27.2 Å². The third-order valence-corrected chi connectivity index (χ3v) is 3.74. The molecule has 116 valence electrons. The van der Waals surface area contributed by atoms with Gasteiger partial charge in [-0.15, -0.1) is 35.3 Å². The van der Waals surface area contributed by atoms with E-state index in [0.29, 0.717) is 13.0 Å². The fourth-order valence-corrected chi connectivity index (χ4v) is 2.46. The molecule has 0 aliphatic rings. The zero-order valence-electron chi connectivity index (χ0n) is 12.3. The average molecular weight is 414 g/mol. The van der Waals surface area contributed by atoms with Crippen molar-refractivity contribution < 1.29 is 4.39 Å². The quantitative estimate of drug-likeness (QED) is 0.312. The number of aliphatic imine (C=N–C) groups is 1. The van der Waals surface area contributed by atoms with E-state index >= 15 is 0 Å². The van der Waals surface area contributed by atoms with Gasteiger partial charge in [-0.2, -0.15) is 0 Å². The van der Waals surface area contributed by atoms with Crippen LogP contribution in [-0.4, -0.2) is 37.3 Å². The highest BCUT2D eigenvalue weighted by atomic mass is 127. The first-order chi connectivity index (χ1) is 9.17. The summed E-state index contributed by atoms with van der Waals surface area (Å²) >= 11 is 1.74. The summed E-state index contributed by atoms with van der Waals surface area (Å²) in [5, 5.41) is 7.52. The SMILES string of the molecule is CCNC(=NCCCF)NCCc1nc(C)c(C)s1.I. The second-order valence-electron chi connectivity index (χ2n) is 4.23. The monoisotopic (exact) mass is 414 g/mol. The van der Waals surface area contributed by atoms with Gasteiger partial charge in [-0.3, -0.25) is 9.38 Å². The Balaban J connectivity index is 0.00000361. The Hall–Kier alpha value is -0.440. The van der Waals surface area contributed by atoms with Crippen molar-refractivity contribution in [3.63, 3.8) is 0 Å². The van der Waals surface area contributed by atoms with Crippen LogP contribution in [0.3, 0.4) is 0 Å². The molecule has 0 saturated carbocycles. The molecule has 0 aliphatic heterocycles. The predicted octanol–water partition coefficient (Wildman–Crippen LogP) is 2.84. The van der Waals surface area contributed by atoms with Crippen LogP contribution in [0.1, 0.15) is 28.9 Å². The van der Waals surface area contributed by atoms with Gasteiger partial charge in [0.2, 0.25) is 0 Å². The Morgan fingerprint density at radius 3 is 2.65 bits per heavy atom. The number of hydrogen-bond donors (Lipinski definition) is 2. The van der Waals surface area contributed by atoms with Gasteiger partial charge in [-0.1, -0.05) is 0 Å². The molecule has 0 bridgehead atoms. The summed E-state index contributed by atoms with van der Waals surface area (Å²) in [4.78, 5) is 10.1. The van der Waals surface area contributed by atoms with Crippen LogP contribution in [0.25, 0.3) is 0 Å². The fourth-order valence-electron chi connectivity index (χ4n) is 1.53. The van der Waals surface area contributed by atoms with Crippen molar-refractivity contribution in [2.45, 2.75) is 33.6 Å². The van der Waals surface area contributed by atoms with Crippen molar-refractivity contribution >= 4 is 41.3 Å². The van der Waals surface area contributed by atoms with Crippen LogP contribution < -0.4 is 10.6 Å². The summed E-state index contributed by atoms with van der Waals surface area (Å²) in [5.74, 6) is 0.751. The average Bonchev–Trinajstić information content (AvgIpc) is 2.69. The van der Waals surface area contributed by atoms with Gasteiger partial charge < -0.3 is 10.6 Å². The lowest BCUT2D eigenvalue weighted by molar-refractivity contribution is 0.477. The molecule has 0 radical (unpaired) electrons. The Bertz CT molecular complexity index is 390. The van der Waals surface area contributed by atoms with E-state index in [2.05, 4.69) is 27.5 Å². The van der Waals surface area contributed by atoms with E-state index in [1.54, 1.807) is 11.3 Å². The highest BCUT2D eigenvalue weighted by molar-refractivity contribution is 14.0. The summed E-state index contributed by atoms with van der Waals surface area (Å²) in [6, 6.07) is 0. The molecule has 1 rings (SSSR count). The summed E-state index contributed by atoms with van der Waals surface area (Å²) in [6.07, 6.45) is 1.36. The zero-order valence-corrected chi connectivity index (χ0v) is 15.5. The highest BCUT2D eigenvalue weighted by Gasteiger charge is 2.03. The van der Waals surface area contributed by atoms with Crippen LogP contribution in [0.2, 0.25) is 0 Å². The lowest BCUT2D eigenvalue weighted by Crippen LogP contribution is -2.38. The number of hydrogen-bond acceptors (Lipinski definition) is 3. The molecule has 0 aliphatic carbocycles. The van der Waals surface area contributed by atoms with E-state index in [0.717, 1.165) is 36.2 Å². The first kappa shape index (κ1) is 19.6. The van der Waals surface area contributed by atoms with Crippen LogP contribution in [0, 0.1) is 13.8 Å².